The van der Waals surface area contributed by atoms with Gasteiger partial charge in [0.05, 0.1) is 60.3 Å². The molecule has 1 aliphatic heterocycles. The Labute approximate surface area is 297 Å². The second-order valence-electron chi connectivity index (χ2n) is 10.7. The van der Waals surface area contributed by atoms with Crippen molar-refractivity contribution in [2.45, 2.75) is 40.3 Å². The minimum absolute atomic E-state index is 0.167. The Balaban J connectivity index is 1.51. The van der Waals surface area contributed by atoms with Crippen molar-refractivity contribution < 1.29 is 38.0 Å². The van der Waals surface area contributed by atoms with Gasteiger partial charge in [0, 0.05) is 6.20 Å². The third kappa shape index (κ3) is 7.87. The molecular formula is C37H37ClN2O9S. The second-order valence-corrected chi connectivity index (χ2v) is 12.1. The van der Waals surface area contributed by atoms with Crippen molar-refractivity contribution in [3.63, 3.8) is 0 Å². The SMILES string of the molecule is CCOC(=O)c1ccc(COc2c(Cl)cc(/C=c3/sc4n(c3=O)[C@@H](c3ccc(OCC)c(OCC)c3)C(C(=O)OC)=CN=4)cc2OCC)cc1. The smallest absolute Gasteiger partial charge is 0.338 e. The maximum absolute atomic E-state index is 14.1. The molecule has 0 saturated heterocycles. The van der Waals surface area contributed by atoms with Gasteiger partial charge in [0.1, 0.15) is 6.61 Å². The summed E-state index contributed by atoms with van der Waals surface area (Å²) in [6.45, 7) is 8.97. The standard InChI is InChI=1S/C37H37ClN2O9S/c1-6-45-28-15-14-25(19-29(28)46-7-2)32-26(36(43)44-5)20-39-37-40(32)34(41)31(50-37)18-23-16-27(38)33(30(17-23)47-8-3)49-21-22-10-12-24(13-11-22)35(42)48-9-4/h10-20,32H,6-9,21H2,1-5H3/b31-18+/t32-/m0/s1. The molecule has 0 aliphatic carbocycles. The van der Waals surface area contributed by atoms with Crippen LogP contribution >= 0.6 is 22.9 Å². The number of esters is 2. The summed E-state index contributed by atoms with van der Waals surface area (Å²) in [5, 5.41) is 0.279. The number of ether oxygens (including phenoxy) is 6. The van der Waals surface area contributed by atoms with E-state index < -0.39 is 18.0 Å². The summed E-state index contributed by atoms with van der Waals surface area (Å²) in [4.78, 5) is 43.9. The topological polar surface area (TPSA) is 124 Å². The number of fused-ring (bicyclic) bond motifs is 1. The molecule has 0 spiro atoms. The predicted molar refractivity (Wildman–Crippen MR) is 189 cm³/mol. The average Bonchev–Trinajstić information content (AvgIpc) is 3.42. The lowest BCUT2D eigenvalue weighted by Crippen LogP contribution is -2.39. The Bertz CT molecular complexity index is 2090. The monoisotopic (exact) mass is 720 g/mol. The summed E-state index contributed by atoms with van der Waals surface area (Å²) in [5.41, 5.74) is 2.30. The van der Waals surface area contributed by atoms with Crippen molar-refractivity contribution in [1.29, 1.82) is 0 Å². The molecule has 3 aromatic carbocycles. The zero-order valence-electron chi connectivity index (χ0n) is 28.3. The molecule has 1 aromatic heterocycles. The maximum Gasteiger partial charge on any atom is 0.338 e. The first kappa shape index (κ1) is 36.2. The maximum atomic E-state index is 14.1. The fourth-order valence-corrected chi connectivity index (χ4v) is 6.56. The van der Waals surface area contributed by atoms with Gasteiger partial charge in [-0.2, -0.15) is 0 Å². The molecular weight excluding hydrogens is 684 g/mol. The number of hydrogen-bond acceptors (Lipinski definition) is 11. The molecule has 0 N–H and O–H groups in total. The molecule has 50 heavy (non-hydrogen) atoms. The van der Waals surface area contributed by atoms with Gasteiger partial charge in [-0.1, -0.05) is 41.1 Å². The van der Waals surface area contributed by atoms with Crippen LogP contribution in [0.3, 0.4) is 0 Å². The van der Waals surface area contributed by atoms with Gasteiger partial charge in [-0.15, -0.1) is 0 Å². The Kier molecular flexibility index (Phi) is 12.0. The first-order valence-corrected chi connectivity index (χ1v) is 17.3. The number of hydrogen-bond donors (Lipinski definition) is 0. The van der Waals surface area contributed by atoms with Gasteiger partial charge < -0.3 is 28.4 Å². The van der Waals surface area contributed by atoms with Crippen molar-refractivity contribution >= 4 is 41.0 Å². The first-order chi connectivity index (χ1) is 24.2. The van der Waals surface area contributed by atoms with E-state index in [9.17, 15) is 14.4 Å². The summed E-state index contributed by atoms with van der Waals surface area (Å²) in [6, 6.07) is 14.8. The highest BCUT2D eigenvalue weighted by atomic mass is 35.5. The van der Waals surface area contributed by atoms with E-state index in [0.717, 1.165) is 5.56 Å². The lowest BCUT2D eigenvalue weighted by atomic mass is 9.97. The van der Waals surface area contributed by atoms with Crippen LogP contribution in [-0.4, -0.2) is 50.0 Å². The Morgan fingerprint density at radius 1 is 0.860 bits per heavy atom. The number of halogens is 1. The molecule has 0 amide bonds. The molecule has 0 bridgehead atoms. The summed E-state index contributed by atoms with van der Waals surface area (Å²) in [6.07, 6.45) is 3.13. The number of carbonyl (C=O) groups is 2. The lowest BCUT2D eigenvalue weighted by Gasteiger charge is -2.23. The molecule has 13 heteroatoms. The predicted octanol–water partition coefficient (Wildman–Crippen LogP) is 5.62. The highest BCUT2D eigenvalue weighted by Gasteiger charge is 2.31. The van der Waals surface area contributed by atoms with Crippen LogP contribution in [-0.2, 0) is 20.9 Å². The summed E-state index contributed by atoms with van der Waals surface area (Å²) in [5.74, 6) is 0.769. The summed E-state index contributed by atoms with van der Waals surface area (Å²) < 4.78 is 35.5. The van der Waals surface area contributed by atoms with E-state index in [1.54, 1.807) is 67.6 Å². The van der Waals surface area contributed by atoms with Gasteiger partial charge in [-0.3, -0.25) is 9.36 Å². The van der Waals surface area contributed by atoms with Crippen LogP contribution < -0.4 is 33.8 Å². The molecule has 4 aromatic rings. The van der Waals surface area contributed by atoms with Crippen LogP contribution in [0.25, 0.3) is 6.08 Å². The highest BCUT2D eigenvalue weighted by Crippen LogP contribution is 2.38. The number of thiazole rings is 1. The zero-order chi connectivity index (χ0) is 35.8. The van der Waals surface area contributed by atoms with Gasteiger partial charge in [0.2, 0.25) is 0 Å². The summed E-state index contributed by atoms with van der Waals surface area (Å²) >= 11 is 7.90. The van der Waals surface area contributed by atoms with E-state index in [1.165, 1.54) is 29.2 Å². The fourth-order valence-electron chi connectivity index (χ4n) is 5.32. The van der Waals surface area contributed by atoms with Gasteiger partial charge in [-0.05, 0) is 86.9 Å². The molecule has 0 radical (unpaired) electrons. The van der Waals surface area contributed by atoms with Crippen LogP contribution in [0, 0.1) is 0 Å². The van der Waals surface area contributed by atoms with E-state index in [1.807, 2.05) is 20.8 Å². The van der Waals surface area contributed by atoms with E-state index in [0.29, 0.717) is 75.4 Å². The van der Waals surface area contributed by atoms with Crippen molar-refractivity contribution in [2.24, 2.45) is 4.99 Å². The Morgan fingerprint density at radius 3 is 2.24 bits per heavy atom. The Hall–Kier alpha value is -5.07. The van der Waals surface area contributed by atoms with Crippen LogP contribution in [0.1, 0.15) is 60.8 Å². The molecule has 1 atom stereocenters. The van der Waals surface area contributed by atoms with Crippen molar-refractivity contribution in [3.05, 3.63) is 113 Å². The number of aromatic nitrogens is 1. The summed E-state index contributed by atoms with van der Waals surface area (Å²) in [7, 11) is 1.28. The minimum Gasteiger partial charge on any atom is -0.490 e. The van der Waals surface area contributed by atoms with E-state index in [4.69, 9.17) is 40.0 Å². The van der Waals surface area contributed by atoms with Crippen LogP contribution in [0.5, 0.6) is 23.0 Å². The molecule has 11 nitrogen and oxygen atoms in total. The second kappa shape index (κ2) is 16.6. The number of carbonyl (C=O) groups excluding carboxylic acids is 2. The van der Waals surface area contributed by atoms with Crippen molar-refractivity contribution in [3.8, 4) is 23.0 Å². The fraction of sp³-hybridized carbons (Fsp3) is 0.297. The lowest BCUT2D eigenvalue weighted by molar-refractivity contribution is -0.136. The number of benzene rings is 3. The highest BCUT2D eigenvalue weighted by molar-refractivity contribution is 7.07. The third-order valence-electron chi connectivity index (χ3n) is 7.49. The van der Waals surface area contributed by atoms with E-state index in [-0.39, 0.29) is 22.8 Å². The normalized spacial score (nSPS) is 13.8. The van der Waals surface area contributed by atoms with Crippen LogP contribution in [0.2, 0.25) is 5.02 Å². The van der Waals surface area contributed by atoms with Gasteiger partial charge in [-0.25, -0.2) is 14.6 Å². The Morgan fingerprint density at radius 2 is 1.56 bits per heavy atom. The molecule has 0 saturated carbocycles. The average molecular weight is 721 g/mol. The molecule has 2 heterocycles. The largest absolute Gasteiger partial charge is 0.490 e. The van der Waals surface area contributed by atoms with Crippen molar-refractivity contribution in [2.75, 3.05) is 33.5 Å². The van der Waals surface area contributed by atoms with Gasteiger partial charge in [0.15, 0.2) is 27.8 Å². The minimum atomic E-state index is -0.833. The van der Waals surface area contributed by atoms with Gasteiger partial charge >= 0.3 is 11.9 Å². The third-order valence-corrected chi connectivity index (χ3v) is 8.76. The zero-order valence-corrected chi connectivity index (χ0v) is 29.9. The quantitative estimate of drug-likeness (QED) is 0.153. The molecule has 262 valence electrons. The van der Waals surface area contributed by atoms with Crippen LogP contribution in [0.15, 0.2) is 76.2 Å². The number of rotatable bonds is 14. The molecule has 5 rings (SSSR count). The van der Waals surface area contributed by atoms with Crippen LogP contribution in [0.4, 0.5) is 0 Å². The number of methoxy groups -OCH3 is 1. The molecule has 0 unspecified atom stereocenters. The van der Waals surface area contributed by atoms with Gasteiger partial charge in [0.25, 0.3) is 5.56 Å². The molecule has 1 aliphatic rings. The van der Waals surface area contributed by atoms with Crippen molar-refractivity contribution in [1.82, 2.24) is 4.57 Å². The van der Waals surface area contributed by atoms with E-state index >= 15 is 0 Å². The number of nitrogens with zero attached hydrogens (tertiary/aromatic N) is 2. The van der Waals surface area contributed by atoms with E-state index in [2.05, 4.69) is 4.99 Å². The first-order valence-electron chi connectivity index (χ1n) is 16.1. The molecule has 0 fully saturated rings.